The van der Waals surface area contributed by atoms with Gasteiger partial charge in [-0.1, -0.05) is 30.1 Å². The Morgan fingerprint density at radius 3 is 2.55 bits per heavy atom. The SMILES string of the molecule is CCCNCc1cnc(Sc2ccc(Cl)c(Cl)c2)nc1. The molecular formula is C14H15Cl2N3S. The molecule has 1 aromatic heterocycles. The van der Waals surface area contributed by atoms with Gasteiger partial charge in [-0.2, -0.15) is 0 Å². The van der Waals surface area contributed by atoms with Crippen LogP contribution >= 0.6 is 35.0 Å². The van der Waals surface area contributed by atoms with Gasteiger partial charge in [0.15, 0.2) is 5.16 Å². The lowest BCUT2D eigenvalue weighted by atomic mass is 10.3. The monoisotopic (exact) mass is 327 g/mol. The summed E-state index contributed by atoms with van der Waals surface area (Å²) in [6.07, 6.45) is 4.80. The molecule has 20 heavy (non-hydrogen) atoms. The van der Waals surface area contributed by atoms with Crippen molar-refractivity contribution in [2.45, 2.75) is 29.9 Å². The minimum Gasteiger partial charge on any atom is -0.313 e. The molecule has 0 radical (unpaired) electrons. The Balaban J connectivity index is 1.97. The molecule has 0 unspecified atom stereocenters. The summed E-state index contributed by atoms with van der Waals surface area (Å²) in [7, 11) is 0. The van der Waals surface area contributed by atoms with Gasteiger partial charge >= 0.3 is 0 Å². The Hall–Kier alpha value is -0.810. The second-order valence-electron chi connectivity index (χ2n) is 4.23. The van der Waals surface area contributed by atoms with Crippen LogP contribution in [0.5, 0.6) is 0 Å². The number of hydrogen-bond donors (Lipinski definition) is 1. The molecule has 0 atom stereocenters. The zero-order valence-corrected chi connectivity index (χ0v) is 13.4. The van der Waals surface area contributed by atoms with Crippen molar-refractivity contribution in [3.8, 4) is 0 Å². The Morgan fingerprint density at radius 2 is 1.90 bits per heavy atom. The highest BCUT2D eigenvalue weighted by Crippen LogP contribution is 2.30. The highest BCUT2D eigenvalue weighted by Gasteiger charge is 2.04. The molecule has 0 saturated heterocycles. The number of nitrogens with zero attached hydrogens (tertiary/aromatic N) is 2. The molecule has 0 aliphatic carbocycles. The fourth-order valence-electron chi connectivity index (χ4n) is 1.54. The van der Waals surface area contributed by atoms with E-state index in [9.17, 15) is 0 Å². The topological polar surface area (TPSA) is 37.8 Å². The minimum atomic E-state index is 0.539. The predicted octanol–water partition coefficient (Wildman–Crippen LogP) is 4.43. The molecule has 0 aliphatic heterocycles. The third kappa shape index (κ3) is 4.63. The standard InChI is InChI=1S/C14H15Cl2N3S/c1-2-5-17-7-10-8-18-14(19-9-10)20-11-3-4-12(15)13(16)6-11/h3-4,6,8-9,17H,2,5,7H2,1H3. The fourth-order valence-corrected chi connectivity index (χ4v) is 2.64. The molecule has 1 aromatic carbocycles. The van der Waals surface area contributed by atoms with Crippen LogP contribution in [-0.4, -0.2) is 16.5 Å². The summed E-state index contributed by atoms with van der Waals surface area (Å²) in [5, 5.41) is 5.10. The van der Waals surface area contributed by atoms with Crippen LogP contribution in [0.1, 0.15) is 18.9 Å². The van der Waals surface area contributed by atoms with E-state index < -0.39 is 0 Å². The summed E-state index contributed by atoms with van der Waals surface area (Å²) in [5.74, 6) is 0. The maximum atomic E-state index is 5.98. The number of aromatic nitrogens is 2. The molecule has 0 aliphatic rings. The van der Waals surface area contributed by atoms with E-state index in [1.807, 2.05) is 24.5 Å². The summed E-state index contributed by atoms with van der Waals surface area (Å²) >= 11 is 13.3. The van der Waals surface area contributed by atoms with E-state index in [1.165, 1.54) is 11.8 Å². The number of nitrogens with one attached hydrogen (secondary N) is 1. The number of rotatable bonds is 6. The van der Waals surface area contributed by atoms with Crippen molar-refractivity contribution in [2.75, 3.05) is 6.54 Å². The van der Waals surface area contributed by atoms with Gasteiger partial charge < -0.3 is 5.32 Å². The summed E-state index contributed by atoms with van der Waals surface area (Å²) in [5.41, 5.74) is 1.08. The Labute approximate surface area is 133 Å². The molecule has 1 heterocycles. The van der Waals surface area contributed by atoms with E-state index in [1.54, 1.807) is 6.07 Å². The molecule has 2 aromatic rings. The first-order valence-electron chi connectivity index (χ1n) is 6.33. The molecular weight excluding hydrogens is 313 g/mol. The lowest BCUT2D eigenvalue weighted by molar-refractivity contribution is 0.669. The maximum Gasteiger partial charge on any atom is 0.192 e. The Kier molecular flexibility index (Phi) is 6.10. The molecule has 2 rings (SSSR count). The summed E-state index contributed by atoms with van der Waals surface area (Å²) in [6, 6.07) is 5.49. The van der Waals surface area contributed by atoms with Gasteiger partial charge in [-0.25, -0.2) is 9.97 Å². The van der Waals surface area contributed by atoms with Crippen LogP contribution in [0.2, 0.25) is 10.0 Å². The van der Waals surface area contributed by atoms with E-state index in [2.05, 4.69) is 22.2 Å². The van der Waals surface area contributed by atoms with E-state index in [4.69, 9.17) is 23.2 Å². The van der Waals surface area contributed by atoms with Crippen LogP contribution in [-0.2, 0) is 6.54 Å². The average molecular weight is 328 g/mol. The first-order valence-corrected chi connectivity index (χ1v) is 7.91. The highest BCUT2D eigenvalue weighted by molar-refractivity contribution is 7.99. The zero-order chi connectivity index (χ0) is 14.4. The average Bonchev–Trinajstić information content (AvgIpc) is 2.45. The van der Waals surface area contributed by atoms with Gasteiger partial charge in [0.25, 0.3) is 0 Å². The largest absolute Gasteiger partial charge is 0.313 e. The van der Waals surface area contributed by atoms with Crippen molar-refractivity contribution >= 4 is 35.0 Å². The van der Waals surface area contributed by atoms with E-state index in [0.717, 1.165) is 30.0 Å². The second kappa shape index (κ2) is 7.84. The molecule has 106 valence electrons. The van der Waals surface area contributed by atoms with Gasteiger partial charge in [-0.05, 0) is 42.9 Å². The maximum absolute atomic E-state index is 5.98. The molecule has 1 N–H and O–H groups in total. The zero-order valence-electron chi connectivity index (χ0n) is 11.1. The van der Waals surface area contributed by atoms with Gasteiger partial charge in [0.1, 0.15) is 0 Å². The van der Waals surface area contributed by atoms with Crippen LogP contribution in [0.4, 0.5) is 0 Å². The molecule has 0 saturated carbocycles. The number of halogens is 2. The smallest absolute Gasteiger partial charge is 0.192 e. The van der Waals surface area contributed by atoms with Gasteiger partial charge in [0.2, 0.25) is 0 Å². The van der Waals surface area contributed by atoms with Crippen LogP contribution in [0.15, 0.2) is 40.6 Å². The first-order chi connectivity index (χ1) is 9.69. The van der Waals surface area contributed by atoms with Crippen molar-refractivity contribution in [3.05, 3.63) is 46.2 Å². The number of benzene rings is 1. The Morgan fingerprint density at radius 1 is 1.15 bits per heavy atom. The second-order valence-corrected chi connectivity index (χ2v) is 6.08. The lowest BCUT2D eigenvalue weighted by Gasteiger charge is -2.04. The molecule has 0 spiro atoms. The van der Waals surface area contributed by atoms with E-state index in [0.29, 0.717) is 15.2 Å². The third-order valence-electron chi connectivity index (χ3n) is 2.54. The Bertz CT molecular complexity index is 561. The van der Waals surface area contributed by atoms with Crippen molar-refractivity contribution in [2.24, 2.45) is 0 Å². The molecule has 3 nitrogen and oxygen atoms in total. The van der Waals surface area contributed by atoms with Gasteiger partial charge in [-0.3, -0.25) is 0 Å². The van der Waals surface area contributed by atoms with Crippen molar-refractivity contribution in [1.82, 2.24) is 15.3 Å². The molecule has 0 fully saturated rings. The molecule has 0 amide bonds. The lowest BCUT2D eigenvalue weighted by Crippen LogP contribution is -2.14. The van der Waals surface area contributed by atoms with Crippen LogP contribution in [0.3, 0.4) is 0 Å². The quantitative estimate of drug-likeness (QED) is 0.629. The van der Waals surface area contributed by atoms with Gasteiger partial charge in [-0.15, -0.1) is 0 Å². The van der Waals surface area contributed by atoms with E-state index in [-0.39, 0.29) is 0 Å². The molecule has 0 bridgehead atoms. The first kappa shape index (κ1) is 15.6. The van der Waals surface area contributed by atoms with Gasteiger partial charge in [0.05, 0.1) is 10.0 Å². The van der Waals surface area contributed by atoms with E-state index >= 15 is 0 Å². The van der Waals surface area contributed by atoms with Crippen molar-refractivity contribution in [3.63, 3.8) is 0 Å². The summed E-state index contributed by atoms with van der Waals surface area (Å²) in [6.45, 7) is 3.94. The predicted molar refractivity (Wildman–Crippen MR) is 84.6 cm³/mol. The minimum absolute atomic E-state index is 0.539. The summed E-state index contributed by atoms with van der Waals surface area (Å²) in [4.78, 5) is 9.65. The van der Waals surface area contributed by atoms with Crippen LogP contribution < -0.4 is 5.32 Å². The third-order valence-corrected chi connectivity index (χ3v) is 4.16. The van der Waals surface area contributed by atoms with Gasteiger partial charge in [0, 0.05) is 29.4 Å². The van der Waals surface area contributed by atoms with Crippen LogP contribution in [0.25, 0.3) is 0 Å². The highest BCUT2D eigenvalue weighted by atomic mass is 35.5. The summed E-state index contributed by atoms with van der Waals surface area (Å²) < 4.78 is 0. The normalized spacial score (nSPS) is 10.8. The van der Waals surface area contributed by atoms with Crippen molar-refractivity contribution in [1.29, 1.82) is 0 Å². The van der Waals surface area contributed by atoms with Crippen LogP contribution in [0, 0.1) is 0 Å². The van der Waals surface area contributed by atoms with Crippen molar-refractivity contribution < 1.29 is 0 Å². The molecule has 6 heteroatoms. The fraction of sp³-hybridized carbons (Fsp3) is 0.286. The number of hydrogen-bond acceptors (Lipinski definition) is 4.